The maximum Gasteiger partial charge on any atom is 0.414 e. The standard InChI is InChI=1S/C24H26IN8O3P/c1-14-6-5-7-17-19(14)32(23(35)36-24(2,3)4)9-8-31(17)18-10-15-11-26-22(30-20(15)29-21(18)34)28-16-12-27-33(13-16)37-25/h5-7,10-13,37H,8-9H2,1-4H3,(H2,26,28,29,30,34). The van der Waals surface area contributed by atoms with Crippen molar-refractivity contribution in [3.8, 4) is 0 Å². The van der Waals surface area contributed by atoms with E-state index in [1.807, 2.05) is 57.0 Å². The highest BCUT2D eigenvalue weighted by Crippen LogP contribution is 2.40. The molecule has 0 aliphatic carbocycles. The number of hydrogen-bond donors (Lipinski definition) is 2. The van der Waals surface area contributed by atoms with Gasteiger partial charge in [-0.25, -0.2) is 14.2 Å². The highest BCUT2D eigenvalue weighted by Gasteiger charge is 2.32. The summed E-state index contributed by atoms with van der Waals surface area (Å²) >= 11 is 2.25. The lowest BCUT2D eigenvalue weighted by atomic mass is 10.1. The number of H-pyrrole nitrogens is 1. The van der Waals surface area contributed by atoms with Crippen LogP contribution >= 0.6 is 28.4 Å². The Labute approximate surface area is 227 Å². The van der Waals surface area contributed by atoms with E-state index in [0.717, 1.165) is 22.6 Å². The number of fused-ring (bicyclic) bond motifs is 2. The molecule has 1 aliphatic heterocycles. The van der Waals surface area contributed by atoms with Crippen LogP contribution in [0.3, 0.4) is 0 Å². The van der Waals surface area contributed by atoms with Crippen molar-refractivity contribution < 1.29 is 9.53 Å². The number of nitrogens with zero attached hydrogens (tertiary/aromatic N) is 6. The zero-order valence-electron chi connectivity index (χ0n) is 20.7. The summed E-state index contributed by atoms with van der Waals surface area (Å²) in [5, 5.41) is 8.04. The molecule has 0 saturated carbocycles. The van der Waals surface area contributed by atoms with E-state index < -0.39 is 11.7 Å². The maximum atomic E-state index is 13.2. The first-order valence-corrected chi connectivity index (χ1v) is 15.7. The third-order valence-corrected chi connectivity index (χ3v) is 7.63. The van der Waals surface area contributed by atoms with Gasteiger partial charge in [-0.05, 0) is 67.4 Å². The first kappa shape index (κ1) is 25.4. The number of halogens is 1. The number of aryl methyl sites for hydroxylation is 1. The van der Waals surface area contributed by atoms with Gasteiger partial charge in [-0.2, -0.15) is 10.1 Å². The number of aromatic amines is 1. The van der Waals surface area contributed by atoms with Crippen LogP contribution in [-0.4, -0.2) is 49.3 Å². The van der Waals surface area contributed by atoms with Crippen molar-refractivity contribution in [2.24, 2.45) is 0 Å². The Morgan fingerprint density at radius 1 is 1.22 bits per heavy atom. The summed E-state index contributed by atoms with van der Waals surface area (Å²) < 4.78 is 7.45. The molecule has 13 heteroatoms. The summed E-state index contributed by atoms with van der Waals surface area (Å²) in [7, 11) is 0. The van der Waals surface area contributed by atoms with Gasteiger partial charge >= 0.3 is 6.09 Å². The average molecular weight is 632 g/mol. The topological polar surface area (TPSA) is 121 Å². The summed E-state index contributed by atoms with van der Waals surface area (Å²) in [6.07, 6.45) is 5.31. The van der Waals surface area contributed by atoms with Gasteiger partial charge in [-0.15, -0.1) is 0 Å². The minimum Gasteiger partial charge on any atom is -0.443 e. The van der Waals surface area contributed by atoms with Crippen LogP contribution in [0.1, 0.15) is 26.3 Å². The lowest BCUT2D eigenvalue weighted by Gasteiger charge is -2.38. The molecule has 0 bridgehead atoms. The molecular weight excluding hydrogens is 606 g/mol. The lowest BCUT2D eigenvalue weighted by molar-refractivity contribution is 0.0580. The van der Waals surface area contributed by atoms with Gasteiger partial charge < -0.3 is 19.9 Å². The average Bonchev–Trinajstić information content (AvgIpc) is 3.30. The predicted octanol–water partition coefficient (Wildman–Crippen LogP) is 5.25. The Morgan fingerprint density at radius 3 is 2.76 bits per heavy atom. The van der Waals surface area contributed by atoms with E-state index in [-0.39, 0.29) is 5.56 Å². The van der Waals surface area contributed by atoms with E-state index >= 15 is 0 Å². The molecule has 1 aliphatic rings. The number of para-hydroxylation sites is 1. The van der Waals surface area contributed by atoms with E-state index in [1.54, 1.807) is 27.8 Å². The number of rotatable bonds is 4. The Bertz CT molecular complexity index is 1550. The first-order valence-electron chi connectivity index (χ1n) is 11.6. The molecule has 11 nitrogen and oxygen atoms in total. The van der Waals surface area contributed by atoms with E-state index in [1.165, 1.54) is 0 Å². The smallest absolute Gasteiger partial charge is 0.414 e. The molecule has 2 N–H and O–H groups in total. The van der Waals surface area contributed by atoms with Crippen LogP contribution in [-0.2, 0) is 4.74 Å². The normalized spacial score (nSPS) is 13.9. The minimum absolute atomic E-state index is 0.283. The number of benzene rings is 1. The van der Waals surface area contributed by atoms with Gasteiger partial charge in [0.05, 0.1) is 35.8 Å². The number of amides is 1. The van der Waals surface area contributed by atoms with Gasteiger partial charge in [0.2, 0.25) is 5.95 Å². The van der Waals surface area contributed by atoms with Crippen LogP contribution in [0.2, 0.25) is 0 Å². The van der Waals surface area contributed by atoms with Crippen molar-refractivity contribution in [2.75, 3.05) is 28.2 Å². The van der Waals surface area contributed by atoms with Crippen LogP contribution in [0, 0.1) is 6.92 Å². The molecule has 5 rings (SSSR count). The summed E-state index contributed by atoms with van der Waals surface area (Å²) in [4.78, 5) is 41.6. The summed E-state index contributed by atoms with van der Waals surface area (Å²) in [6, 6.07) is 7.54. The van der Waals surface area contributed by atoms with Crippen LogP contribution in [0.15, 0.2) is 47.7 Å². The van der Waals surface area contributed by atoms with Crippen molar-refractivity contribution in [3.05, 3.63) is 58.8 Å². The molecule has 192 valence electrons. The Morgan fingerprint density at radius 2 is 2.03 bits per heavy atom. The molecular formula is C24H26IN8O3P. The molecule has 0 radical (unpaired) electrons. The number of hydrogen-bond acceptors (Lipinski definition) is 8. The van der Waals surface area contributed by atoms with E-state index in [9.17, 15) is 9.59 Å². The third-order valence-electron chi connectivity index (χ3n) is 5.73. The molecule has 0 spiro atoms. The van der Waals surface area contributed by atoms with Gasteiger partial charge in [0.1, 0.15) is 16.9 Å². The van der Waals surface area contributed by atoms with Gasteiger partial charge in [0, 0.05) is 24.7 Å². The number of anilines is 5. The number of pyridine rings is 1. The third kappa shape index (κ3) is 5.26. The molecule has 0 fully saturated rings. The fraction of sp³-hybridized carbons (Fsp3) is 0.292. The Hall–Kier alpha value is -3.25. The summed E-state index contributed by atoms with van der Waals surface area (Å²) in [5.41, 5.74) is 3.14. The zero-order valence-corrected chi connectivity index (χ0v) is 23.9. The van der Waals surface area contributed by atoms with Crippen LogP contribution in [0.4, 0.5) is 33.5 Å². The highest BCUT2D eigenvalue weighted by molar-refractivity contribution is 14.2. The number of nitrogens with one attached hydrogen (secondary N) is 2. The lowest BCUT2D eigenvalue weighted by Crippen LogP contribution is -2.46. The SMILES string of the molecule is Cc1cccc2c1N(C(=O)OC(C)(C)C)CCN2c1cc2cnc(Nc3cnn(PI)c3)nc2[nH]c1=O. The van der Waals surface area contributed by atoms with Crippen molar-refractivity contribution in [2.45, 2.75) is 33.3 Å². The molecule has 37 heavy (non-hydrogen) atoms. The molecule has 1 amide bonds. The summed E-state index contributed by atoms with van der Waals surface area (Å²) in [5.74, 6) is 0.360. The quantitative estimate of drug-likeness (QED) is 0.231. The largest absolute Gasteiger partial charge is 0.443 e. The molecule has 1 aromatic carbocycles. The van der Waals surface area contributed by atoms with Gasteiger partial charge in [0.25, 0.3) is 5.56 Å². The van der Waals surface area contributed by atoms with Crippen molar-refractivity contribution in [3.63, 3.8) is 0 Å². The fourth-order valence-electron chi connectivity index (χ4n) is 4.20. The molecule has 4 aromatic rings. The van der Waals surface area contributed by atoms with E-state index in [2.05, 4.69) is 47.4 Å². The zero-order chi connectivity index (χ0) is 26.3. The molecule has 4 heterocycles. The van der Waals surface area contributed by atoms with Gasteiger partial charge in [0.15, 0.2) is 0 Å². The number of carbonyl (C=O) groups is 1. The number of carbonyl (C=O) groups excluding carboxylic acids is 1. The van der Waals surface area contributed by atoms with E-state index in [4.69, 9.17) is 4.74 Å². The molecule has 1 atom stereocenters. The summed E-state index contributed by atoms with van der Waals surface area (Å²) in [6.45, 7) is 8.26. The van der Waals surface area contributed by atoms with Crippen LogP contribution in [0.5, 0.6) is 0 Å². The first-order chi connectivity index (χ1) is 17.6. The second-order valence-electron chi connectivity index (χ2n) is 9.59. The molecule has 1 unspecified atom stereocenters. The second kappa shape index (κ2) is 9.90. The number of aromatic nitrogens is 5. The Balaban J connectivity index is 1.49. The van der Waals surface area contributed by atoms with Crippen LogP contribution in [0.25, 0.3) is 11.0 Å². The number of ether oxygens (including phenoxy) is 1. The monoisotopic (exact) mass is 632 g/mol. The van der Waals surface area contributed by atoms with Crippen LogP contribution < -0.4 is 20.7 Å². The highest BCUT2D eigenvalue weighted by atomic mass is 127. The predicted molar refractivity (Wildman–Crippen MR) is 155 cm³/mol. The van der Waals surface area contributed by atoms with Crippen molar-refractivity contribution in [1.29, 1.82) is 0 Å². The van der Waals surface area contributed by atoms with Crippen molar-refractivity contribution >= 4 is 74.2 Å². The van der Waals surface area contributed by atoms with E-state index in [0.29, 0.717) is 42.1 Å². The fourth-order valence-corrected chi connectivity index (χ4v) is 5.28. The second-order valence-corrected chi connectivity index (χ2v) is 11.7. The molecule has 0 saturated heterocycles. The van der Waals surface area contributed by atoms with Gasteiger partial charge in [-0.3, -0.25) is 9.69 Å². The van der Waals surface area contributed by atoms with Crippen molar-refractivity contribution in [1.82, 2.24) is 24.5 Å². The van der Waals surface area contributed by atoms with Gasteiger partial charge in [-0.1, -0.05) is 12.1 Å². The Kier molecular flexibility index (Phi) is 6.80. The maximum absolute atomic E-state index is 13.2. The molecule has 3 aromatic heterocycles. The minimum atomic E-state index is -0.614.